The normalized spacial score (nSPS) is 13.7. The van der Waals surface area contributed by atoms with Crippen LogP contribution in [0.4, 0.5) is 8.22 Å². The molecule has 5 heteroatoms. The summed E-state index contributed by atoms with van der Waals surface area (Å²) in [5, 5.41) is 0. The van der Waals surface area contributed by atoms with Gasteiger partial charge in [0.15, 0.2) is 0 Å². The van der Waals surface area contributed by atoms with Crippen molar-refractivity contribution in [1.29, 1.82) is 0 Å². The van der Waals surface area contributed by atoms with E-state index in [9.17, 15) is 8.22 Å². The Morgan fingerprint density at radius 2 is 2.00 bits per heavy atom. The fraction of sp³-hybridized carbons (Fsp3) is 1.00. The van der Waals surface area contributed by atoms with E-state index in [4.69, 9.17) is 0 Å². The van der Waals surface area contributed by atoms with E-state index in [1.54, 1.807) is 6.55 Å². The lowest BCUT2D eigenvalue weighted by atomic mass is 11.9. The summed E-state index contributed by atoms with van der Waals surface area (Å²) in [5.74, 6) is 0. The Kier molecular flexibility index (Phi) is 2.63. The molecule has 0 aromatic heterocycles. The summed E-state index contributed by atoms with van der Waals surface area (Å²) in [5.41, 5.74) is 0. The lowest BCUT2D eigenvalue weighted by Crippen LogP contribution is -2.23. The van der Waals surface area contributed by atoms with Crippen LogP contribution < -0.4 is 0 Å². The highest BCUT2D eigenvalue weighted by atomic mass is 28.5. The van der Waals surface area contributed by atoms with Gasteiger partial charge in [-0.1, -0.05) is 6.55 Å². The zero-order chi connectivity index (χ0) is 5.91. The molecule has 0 aromatic rings. The first-order valence-corrected chi connectivity index (χ1v) is 6.23. The van der Waals surface area contributed by atoms with Crippen LogP contribution in [-0.4, -0.2) is 18.7 Å². The fourth-order valence-corrected chi connectivity index (χ4v) is 2.28. The van der Waals surface area contributed by atoms with Gasteiger partial charge in [0.05, 0.1) is 0 Å². The van der Waals surface area contributed by atoms with Crippen molar-refractivity contribution in [2.45, 2.75) is 13.1 Å². The third kappa shape index (κ3) is 6.25. The van der Waals surface area contributed by atoms with E-state index in [0.29, 0.717) is 0 Å². The lowest BCUT2D eigenvalue weighted by molar-refractivity contribution is 0.404. The summed E-state index contributed by atoms with van der Waals surface area (Å²) in [6.07, 6.45) is 0. The molecule has 0 amide bonds. The molecule has 0 bridgehead atoms. The zero-order valence-corrected chi connectivity index (χ0v) is 6.79. The van der Waals surface area contributed by atoms with Crippen molar-refractivity contribution in [2.24, 2.45) is 0 Å². The van der Waals surface area contributed by atoms with Gasteiger partial charge in [-0.2, -0.15) is 0 Å². The predicted molar refractivity (Wildman–Crippen MR) is 29.3 cm³/mol. The molecule has 44 valence electrons. The molecule has 0 saturated carbocycles. The Balaban J connectivity index is 3.15. The Morgan fingerprint density at radius 1 is 1.57 bits per heavy atom. The van der Waals surface area contributed by atoms with E-state index in [0.717, 1.165) is 6.55 Å². The first-order valence-electron chi connectivity index (χ1n) is 2.08. The second kappa shape index (κ2) is 2.53. The monoisotopic (exact) mass is 142 g/mol. The van der Waals surface area contributed by atoms with Crippen LogP contribution >= 0.6 is 0 Å². The van der Waals surface area contributed by atoms with Crippen molar-refractivity contribution < 1.29 is 12.3 Å². The third-order valence-corrected chi connectivity index (χ3v) is 3.58. The maximum absolute atomic E-state index is 11.7. The molecule has 1 nitrogen and oxygen atoms in total. The summed E-state index contributed by atoms with van der Waals surface area (Å²) in [7, 11) is -4.97. The second-order valence-corrected chi connectivity index (χ2v) is 4.59. The van der Waals surface area contributed by atoms with Gasteiger partial charge < -0.3 is 4.12 Å². The van der Waals surface area contributed by atoms with Crippen molar-refractivity contribution in [1.82, 2.24) is 0 Å². The molecule has 0 unspecified atom stereocenters. The van der Waals surface area contributed by atoms with Crippen LogP contribution in [0.15, 0.2) is 0 Å². The average molecular weight is 142 g/mol. The standard InChI is InChI=1S/C2H8F2OSi2/c1-6-5-7(2,3)4/h6H2,1-2H3. The Hall–Kier alpha value is 0.254. The highest BCUT2D eigenvalue weighted by Gasteiger charge is 2.28. The molecular weight excluding hydrogens is 134 g/mol. The molecule has 0 radical (unpaired) electrons. The Bertz CT molecular complexity index is 52.1. The van der Waals surface area contributed by atoms with E-state index >= 15 is 0 Å². The van der Waals surface area contributed by atoms with Gasteiger partial charge in [0.25, 0.3) is 0 Å². The first-order chi connectivity index (χ1) is 3.06. The van der Waals surface area contributed by atoms with Crippen molar-refractivity contribution in [2.75, 3.05) is 0 Å². The molecule has 0 aliphatic heterocycles. The van der Waals surface area contributed by atoms with Crippen LogP contribution in [0.3, 0.4) is 0 Å². The Labute approximate surface area is 45.1 Å². The van der Waals surface area contributed by atoms with Gasteiger partial charge in [-0.15, -0.1) is 0 Å². The van der Waals surface area contributed by atoms with Gasteiger partial charge >= 0.3 is 8.99 Å². The van der Waals surface area contributed by atoms with Crippen LogP contribution in [0.25, 0.3) is 0 Å². The van der Waals surface area contributed by atoms with Gasteiger partial charge in [0, 0.05) is 6.55 Å². The van der Waals surface area contributed by atoms with Crippen LogP contribution in [0, 0.1) is 0 Å². The van der Waals surface area contributed by atoms with Gasteiger partial charge in [-0.05, 0) is 0 Å². The van der Waals surface area contributed by atoms with Crippen LogP contribution in [0.2, 0.25) is 13.1 Å². The molecule has 0 aliphatic rings. The van der Waals surface area contributed by atoms with Crippen molar-refractivity contribution in [3.63, 3.8) is 0 Å². The number of hydrogen-bond donors (Lipinski definition) is 0. The summed E-state index contributed by atoms with van der Waals surface area (Å²) in [6, 6.07) is 0. The van der Waals surface area contributed by atoms with E-state index in [1.807, 2.05) is 0 Å². The minimum absolute atomic E-state index is 0.878. The minimum Gasteiger partial charge on any atom is -0.416 e. The molecule has 0 heterocycles. The van der Waals surface area contributed by atoms with Gasteiger partial charge in [-0.3, -0.25) is 0 Å². The molecule has 0 aliphatic carbocycles. The molecule has 0 saturated heterocycles. The largest absolute Gasteiger partial charge is 0.564 e. The first kappa shape index (κ1) is 7.25. The summed E-state index contributed by atoms with van der Waals surface area (Å²) >= 11 is 0. The molecule has 0 atom stereocenters. The highest BCUT2D eigenvalue weighted by molar-refractivity contribution is 6.63. The van der Waals surface area contributed by atoms with E-state index in [-0.39, 0.29) is 0 Å². The molecule has 0 spiro atoms. The number of rotatable bonds is 2. The maximum atomic E-state index is 11.7. The fourth-order valence-electron chi connectivity index (χ4n) is 0.253. The molecule has 0 rings (SSSR count). The number of halogens is 2. The molecule has 0 aromatic carbocycles. The SMILES string of the molecule is C[SiH2]O[Si](C)(F)F. The lowest BCUT2D eigenvalue weighted by Gasteiger charge is -2.03. The molecule has 7 heavy (non-hydrogen) atoms. The Morgan fingerprint density at radius 3 is 2.00 bits per heavy atom. The van der Waals surface area contributed by atoms with Crippen LogP contribution in [-0.2, 0) is 4.12 Å². The van der Waals surface area contributed by atoms with Crippen LogP contribution in [0.1, 0.15) is 0 Å². The molecule has 0 fully saturated rings. The smallest absolute Gasteiger partial charge is 0.416 e. The van der Waals surface area contributed by atoms with E-state index in [1.165, 1.54) is 0 Å². The number of hydrogen-bond acceptors (Lipinski definition) is 1. The summed E-state index contributed by atoms with van der Waals surface area (Å²) in [6.45, 7) is 2.59. The average Bonchev–Trinajstić information content (AvgIpc) is 1.30. The van der Waals surface area contributed by atoms with E-state index in [2.05, 4.69) is 4.12 Å². The zero-order valence-electron chi connectivity index (χ0n) is 4.37. The van der Waals surface area contributed by atoms with Crippen LogP contribution in [0.5, 0.6) is 0 Å². The summed E-state index contributed by atoms with van der Waals surface area (Å²) < 4.78 is 27.5. The summed E-state index contributed by atoms with van der Waals surface area (Å²) in [4.78, 5) is 0. The maximum Gasteiger partial charge on any atom is 0.564 e. The van der Waals surface area contributed by atoms with Crippen molar-refractivity contribution in [3.8, 4) is 0 Å². The van der Waals surface area contributed by atoms with E-state index < -0.39 is 18.7 Å². The van der Waals surface area contributed by atoms with Crippen molar-refractivity contribution in [3.05, 3.63) is 0 Å². The topological polar surface area (TPSA) is 9.23 Å². The van der Waals surface area contributed by atoms with Crippen molar-refractivity contribution >= 4 is 18.7 Å². The molecule has 0 N–H and O–H groups in total. The van der Waals surface area contributed by atoms with Gasteiger partial charge in [-0.25, -0.2) is 8.22 Å². The second-order valence-electron chi connectivity index (χ2n) is 1.24. The quantitative estimate of drug-likeness (QED) is 0.406. The molecular formula is C2H8F2OSi2. The predicted octanol–water partition coefficient (Wildman–Crippen LogP) is 0.643. The van der Waals surface area contributed by atoms with Gasteiger partial charge in [0.1, 0.15) is 9.76 Å². The third-order valence-electron chi connectivity index (χ3n) is 0.398. The minimum atomic E-state index is -4.10. The highest BCUT2D eigenvalue weighted by Crippen LogP contribution is 2.04. The van der Waals surface area contributed by atoms with Gasteiger partial charge in [0.2, 0.25) is 0 Å².